The monoisotopic (exact) mass is 248 g/mol. The normalized spacial score (nSPS) is 11.2. The maximum Gasteiger partial charge on any atom is 0.195 e. The number of imidazole rings is 1. The molecule has 3 aromatic heterocycles. The molecule has 0 fully saturated rings. The third-order valence-electron chi connectivity index (χ3n) is 2.47. The Hall–Kier alpha value is -2.02. The molecule has 17 heavy (non-hydrogen) atoms. The third-order valence-corrected chi connectivity index (χ3v) is 3.37. The van der Waals surface area contributed by atoms with Gasteiger partial charge in [0.2, 0.25) is 0 Å². The van der Waals surface area contributed by atoms with Crippen molar-refractivity contribution < 1.29 is 9.42 Å². The van der Waals surface area contributed by atoms with Gasteiger partial charge in [0.25, 0.3) is 0 Å². The van der Waals surface area contributed by atoms with Crippen molar-refractivity contribution in [1.82, 2.24) is 19.7 Å². The van der Waals surface area contributed by atoms with Crippen molar-refractivity contribution >= 4 is 22.6 Å². The first-order chi connectivity index (χ1) is 8.20. The molecule has 3 aromatic rings. The summed E-state index contributed by atoms with van der Waals surface area (Å²) in [7, 11) is 0. The fourth-order valence-corrected chi connectivity index (χ4v) is 2.54. The number of thiazole rings is 1. The summed E-state index contributed by atoms with van der Waals surface area (Å²) in [5.74, 6) is 0. The van der Waals surface area contributed by atoms with Crippen LogP contribution in [0.15, 0.2) is 10.8 Å². The Balaban J connectivity index is 2.33. The van der Waals surface area contributed by atoms with E-state index in [1.54, 1.807) is 11.3 Å². The Morgan fingerprint density at radius 1 is 1.35 bits per heavy atom. The van der Waals surface area contributed by atoms with Gasteiger partial charge in [-0.2, -0.15) is 0 Å². The first-order valence-corrected chi connectivity index (χ1v) is 5.75. The highest BCUT2D eigenvalue weighted by Gasteiger charge is 2.20. The van der Waals surface area contributed by atoms with Gasteiger partial charge in [0.15, 0.2) is 16.9 Å². The van der Waals surface area contributed by atoms with Crippen molar-refractivity contribution in [3.05, 3.63) is 22.5 Å². The van der Waals surface area contributed by atoms with Crippen molar-refractivity contribution in [1.29, 1.82) is 0 Å². The number of carbonyl (C=O) groups is 1. The van der Waals surface area contributed by atoms with Gasteiger partial charge in [-0.1, -0.05) is 5.16 Å². The molecule has 0 aliphatic heterocycles. The van der Waals surface area contributed by atoms with Gasteiger partial charge < -0.3 is 0 Å². The molecule has 0 saturated heterocycles. The van der Waals surface area contributed by atoms with Crippen molar-refractivity contribution in [2.75, 3.05) is 0 Å². The van der Waals surface area contributed by atoms with Crippen LogP contribution in [0.5, 0.6) is 0 Å². The van der Waals surface area contributed by atoms with Crippen LogP contribution in [-0.4, -0.2) is 26.0 Å². The molecule has 0 bridgehead atoms. The van der Waals surface area contributed by atoms with Crippen LogP contribution >= 0.6 is 11.3 Å². The highest BCUT2D eigenvalue weighted by atomic mass is 32.1. The summed E-state index contributed by atoms with van der Waals surface area (Å²) < 4.78 is 6.39. The van der Waals surface area contributed by atoms with Crippen molar-refractivity contribution in [3.63, 3.8) is 0 Å². The molecule has 3 rings (SSSR count). The molecule has 0 amide bonds. The van der Waals surface area contributed by atoms with Crippen LogP contribution in [-0.2, 0) is 0 Å². The smallest absolute Gasteiger partial charge is 0.195 e. The first-order valence-electron chi connectivity index (χ1n) is 4.94. The van der Waals surface area contributed by atoms with Crippen LogP contribution in [0.1, 0.15) is 21.1 Å². The lowest BCUT2D eigenvalue weighted by molar-refractivity contribution is 0.111. The van der Waals surface area contributed by atoms with E-state index in [1.807, 2.05) is 13.1 Å². The molecule has 0 unspecified atom stereocenters. The number of aldehydes is 1. The standard InChI is InChI=1S/C10H8N4O2S/c1-5-3-14-7(4-15)9(11-10(14)17-5)8-6(2)12-16-13-8/h3-4H,1-2H3. The van der Waals surface area contributed by atoms with E-state index in [9.17, 15) is 4.79 Å². The van der Waals surface area contributed by atoms with Gasteiger partial charge in [-0.15, -0.1) is 11.3 Å². The molecule has 86 valence electrons. The predicted molar refractivity (Wildman–Crippen MR) is 61.2 cm³/mol. The first kappa shape index (κ1) is 10.2. The molecule has 7 heteroatoms. The number of carbonyl (C=O) groups excluding carboxylic acids is 1. The fraction of sp³-hybridized carbons (Fsp3) is 0.200. The SMILES string of the molecule is Cc1cn2c(C=O)c(-c3nonc3C)nc2s1. The molecule has 0 N–H and O–H groups in total. The number of rotatable bonds is 2. The van der Waals surface area contributed by atoms with E-state index in [0.717, 1.165) is 16.1 Å². The number of aromatic nitrogens is 4. The van der Waals surface area contributed by atoms with Crippen LogP contribution in [0.2, 0.25) is 0 Å². The maximum atomic E-state index is 11.2. The van der Waals surface area contributed by atoms with Gasteiger partial charge in [0.05, 0.1) is 0 Å². The second kappa shape index (κ2) is 3.49. The van der Waals surface area contributed by atoms with Gasteiger partial charge in [0.1, 0.15) is 17.1 Å². The third kappa shape index (κ3) is 1.39. The molecule has 0 aromatic carbocycles. The average Bonchev–Trinajstić information content (AvgIpc) is 2.91. The Labute approximate surface area is 99.9 Å². The fourth-order valence-electron chi connectivity index (χ4n) is 1.71. The van der Waals surface area contributed by atoms with Gasteiger partial charge in [-0.05, 0) is 19.0 Å². The largest absolute Gasteiger partial charge is 0.296 e. The summed E-state index contributed by atoms with van der Waals surface area (Å²) >= 11 is 1.52. The molecule has 0 spiro atoms. The van der Waals surface area contributed by atoms with E-state index in [1.165, 1.54) is 11.3 Å². The zero-order valence-electron chi connectivity index (χ0n) is 9.17. The van der Waals surface area contributed by atoms with Gasteiger partial charge in [-0.25, -0.2) is 9.61 Å². The van der Waals surface area contributed by atoms with Gasteiger partial charge >= 0.3 is 0 Å². The topological polar surface area (TPSA) is 73.3 Å². The molecule has 6 nitrogen and oxygen atoms in total. The van der Waals surface area contributed by atoms with Crippen LogP contribution in [0, 0.1) is 13.8 Å². The summed E-state index contributed by atoms with van der Waals surface area (Å²) in [5, 5.41) is 7.47. The van der Waals surface area contributed by atoms with E-state index in [0.29, 0.717) is 22.8 Å². The van der Waals surface area contributed by atoms with Gasteiger partial charge in [0, 0.05) is 11.1 Å². The molecular formula is C10H8N4O2S. The molecule has 0 aliphatic rings. The van der Waals surface area contributed by atoms with Gasteiger partial charge in [-0.3, -0.25) is 9.20 Å². The molecule has 0 aliphatic carbocycles. The van der Waals surface area contributed by atoms with E-state index in [4.69, 9.17) is 0 Å². The number of hydrogen-bond donors (Lipinski definition) is 0. The summed E-state index contributed by atoms with van der Waals surface area (Å²) in [6.45, 7) is 3.73. The van der Waals surface area contributed by atoms with Crippen LogP contribution < -0.4 is 0 Å². The van der Waals surface area contributed by atoms with Crippen LogP contribution in [0.25, 0.3) is 16.3 Å². The molecule has 0 atom stereocenters. The minimum Gasteiger partial charge on any atom is -0.296 e. The molecule has 0 saturated carbocycles. The zero-order valence-corrected chi connectivity index (χ0v) is 9.98. The van der Waals surface area contributed by atoms with Crippen LogP contribution in [0.4, 0.5) is 0 Å². The second-order valence-corrected chi connectivity index (χ2v) is 4.87. The number of hydrogen-bond acceptors (Lipinski definition) is 6. The summed E-state index contributed by atoms with van der Waals surface area (Å²) in [6, 6.07) is 0. The zero-order chi connectivity index (χ0) is 12.0. The lowest BCUT2D eigenvalue weighted by atomic mass is 10.2. The van der Waals surface area contributed by atoms with E-state index >= 15 is 0 Å². The second-order valence-electron chi connectivity index (χ2n) is 3.66. The highest BCUT2D eigenvalue weighted by Crippen LogP contribution is 2.27. The van der Waals surface area contributed by atoms with Crippen molar-refractivity contribution in [2.24, 2.45) is 0 Å². The van der Waals surface area contributed by atoms with E-state index < -0.39 is 0 Å². The quantitative estimate of drug-likeness (QED) is 0.647. The summed E-state index contributed by atoms with van der Waals surface area (Å²) in [5.41, 5.74) is 2.13. The average molecular weight is 248 g/mol. The van der Waals surface area contributed by atoms with Crippen LogP contribution in [0.3, 0.4) is 0 Å². The lowest BCUT2D eigenvalue weighted by Gasteiger charge is -1.92. The Kier molecular flexibility index (Phi) is 2.08. The summed E-state index contributed by atoms with van der Waals surface area (Å²) in [4.78, 5) is 17.4. The van der Waals surface area contributed by atoms with E-state index in [-0.39, 0.29) is 0 Å². The Bertz CT molecular complexity index is 709. The minimum absolute atomic E-state index is 0.475. The molecular weight excluding hydrogens is 240 g/mol. The lowest BCUT2D eigenvalue weighted by Crippen LogP contribution is -1.91. The summed E-state index contributed by atoms with van der Waals surface area (Å²) in [6.07, 6.45) is 2.65. The number of aryl methyl sites for hydroxylation is 2. The predicted octanol–water partition coefficient (Wildman–Crippen LogP) is 1.88. The highest BCUT2D eigenvalue weighted by molar-refractivity contribution is 7.17. The Morgan fingerprint density at radius 3 is 2.82 bits per heavy atom. The van der Waals surface area contributed by atoms with Crippen molar-refractivity contribution in [2.45, 2.75) is 13.8 Å². The maximum absolute atomic E-state index is 11.2. The minimum atomic E-state index is 0.475. The van der Waals surface area contributed by atoms with Crippen molar-refractivity contribution in [3.8, 4) is 11.4 Å². The number of nitrogens with zero attached hydrogens (tertiary/aromatic N) is 4. The molecule has 0 radical (unpaired) electrons. The Morgan fingerprint density at radius 2 is 2.18 bits per heavy atom. The molecule has 3 heterocycles. The van der Waals surface area contributed by atoms with E-state index in [2.05, 4.69) is 19.9 Å². The number of fused-ring (bicyclic) bond motifs is 1.